The van der Waals surface area contributed by atoms with E-state index in [0.29, 0.717) is 6.42 Å². The molecule has 4 nitrogen and oxygen atoms in total. The third kappa shape index (κ3) is 5.37. The van der Waals surface area contributed by atoms with E-state index < -0.39 is 30.0 Å². The average molecular weight is 372 g/mol. The van der Waals surface area contributed by atoms with Crippen molar-refractivity contribution in [3.05, 3.63) is 35.9 Å². The molecule has 1 N–H and O–H groups in total. The van der Waals surface area contributed by atoms with Crippen LogP contribution in [0.3, 0.4) is 0 Å². The van der Waals surface area contributed by atoms with E-state index in [9.17, 15) is 18.0 Å². The Balaban J connectivity index is 2.29. The molecule has 0 saturated carbocycles. The highest BCUT2D eigenvalue weighted by Crippen LogP contribution is 2.33. The molecule has 3 atom stereocenters. The van der Waals surface area contributed by atoms with Gasteiger partial charge >= 0.3 is 12.3 Å². The average Bonchev–Trinajstić information content (AvgIpc) is 2.53. The molecule has 0 unspecified atom stereocenters. The number of ether oxygens (including phenoxy) is 1. The van der Waals surface area contributed by atoms with Crippen molar-refractivity contribution in [3.8, 4) is 0 Å². The first-order valence-corrected chi connectivity index (χ1v) is 8.85. The van der Waals surface area contributed by atoms with Crippen LogP contribution < -0.4 is 5.32 Å². The van der Waals surface area contributed by atoms with Crippen molar-refractivity contribution >= 4 is 6.09 Å². The van der Waals surface area contributed by atoms with E-state index >= 15 is 0 Å². The molecule has 0 bridgehead atoms. The van der Waals surface area contributed by atoms with Crippen molar-refractivity contribution in [1.82, 2.24) is 10.2 Å². The van der Waals surface area contributed by atoms with Crippen LogP contribution in [-0.4, -0.2) is 41.4 Å². The lowest BCUT2D eigenvalue weighted by Gasteiger charge is -2.42. The van der Waals surface area contributed by atoms with Crippen LogP contribution in [0.25, 0.3) is 0 Å². The van der Waals surface area contributed by atoms with Gasteiger partial charge in [0.2, 0.25) is 0 Å². The van der Waals surface area contributed by atoms with Crippen LogP contribution in [0.15, 0.2) is 30.3 Å². The van der Waals surface area contributed by atoms with E-state index in [1.807, 2.05) is 37.3 Å². The SMILES string of the molecule is C[C@H](c1ccccc1)N(C(=O)OC(C)(C)C)[C@@H]1CCN[C@H](C(F)(F)F)C1. The molecule has 1 aliphatic heterocycles. The number of hydrogen-bond acceptors (Lipinski definition) is 3. The highest BCUT2D eigenvalue weighted by atomic mass is 19.4. The third-order valence-corrected chi connectivity index (χ3v) is 4.47. The van der Waals surface area contributed by atoms with E-state index in [1.165, 1.54) is 4.90 Å². The highest BCUT2D eigenvalue weighted by Gasteiger charge is 2.45. The first kappa shape index (κ1) is 20.6. The van der Waals surface area contributed by atoms with Crippen LogP contribution >= 0.6 is 0 Å². The molecule has 26 heavy (non-hydrogen) atoms. The summed E-state index contributed by atoms with van der Waals surface area (Å²) in [5.74, 6) is 0. The second kappa shape index (κ2) is 7.86. The van der Waals surface area contributed by atoms with Gasteiger partial charge in [-0.1, -0.05) is 30.3 Å². The lowest BCUT2D eigenvalue weighted by atomic mass is 9.95. The maximum atomic E-state index is 13.2. The Hall–Kier alpha value is -1.76. The van der Waals surface area contributed by atoms with Crippen LogP contribution in [-0.2, 0) is 4.74 Å². The molecule has 1 aromatic rings. The Morgan fingerprint density at radius 1 is 1.23 bits per heavy atom. The Morgan fingerprint density at radius 3 is 2.38 bits per heavy atom. The van der Waals surface area contributed by atoms with Gasteiger partial charge in [-0.15, -0.1) is 0 Å². The third-order valence-electron chi connectivity index (χ3n) is 4.47. The molecule has 0 aliphatic carbocycles. The van der Waals surface area contributed by atoms with E-state index in [1.54, 1.807) is 20.8 Å². The number of nitrogens with zero attached hydrogens (tertiary/aromatic N) is 1. The summed E-state index contributed by atoms with van der Waals surface area (Å²) in [7, 11) is 0. The molecule has 1 heterocycles. The van der Waals surface area contributed by atoms with Crippen LogP contribution in [0.4, 0.5) is 18.0 Å². The number of benzene rings is 1. The Bertz CT molecular complexity index is 599. The molecule has 7 heteroatoms. The number of nitrogens with one attached hydrogen (secondary N) is 1. The second-order valence-electron chi connectivity index (χ2n) is 7.70. The monoisotopic (exact) mass is 372 g/mol. The van der Waals surface area contributed by atoms with E-state index in [-0.39, 0.29) is 19.0 Å². The quantitative estimate of drug-likeness (QED) is 0.838. The Kier molecular flexibility index (Phi) is 6.21. The lowest BCUT2D eigenvalue weighted by Crippen LogP contribution is -2.55. The minimum absolute atomic E-state index is 0.181. The number of hydrogen-bond donors (Lipinski definition) is 1. The molecular formula is C19H27F3N2O2. The van der Waals surface area contributed by atoms with Gasteiger partial charge in [0.1, 0.15) is 11.6 Å². The molecule has 146 valence electrons. The predicted octanol–water partition coefficient (Wildman–Crippen LogP) is 4.67. The zero-order valence-electron chi connectivity index (χ0n) is 15.6. The minimum Gasteiger partial charge on any atom is -0.444 e. The smallest absolute Gasteiger partial charge is 0.411 e. The summed E-state index contributed by atoms with van der Waals surface area (Å²) in [6, 6.07) is 6.73. The molecule has 1 saturated heterocycles. The lowest BCUT2D eigenvalue weighted by molar-refractivity contribution is -0.165. The summed E-state index contributed by atoms with van der Waals surface area (Å²) in [6.07, 6.45) is -4.65. The summed E-state index contributed by atoms with van der Waals surface area (Å²) in [5.41, 5.74) is 0.141. The Labute approximate surface area is 152 Å². The molecular weight excluding hydrogens is 345 g/mol. The van der Waals surface area contributed by atoms with Crippen LogP contribution in [0, 0.1) is 0 Å². The van der Waals surface area contributed by atoms with Crippen LogP contribution in [0.5, 0.6) is 0 Å². The maximum Gasteiger partial charge on any atom is 0.411 e. The maximum absolute atomic E-state index is 13.2. The minimum atomic E-state index is -4.34. The number of carbonyl (C=O) groups is 1. The first-order chi connectivity index (χ1) is 12.0. The summed E-state index contributed by atoms with van der Waals surface area (Å²) in [6.45, 7) is 7.27. The van der Waals surface area contributed by atoms with Gasteiger partial charge in [0.05, 0.1) is 6.04 Å². The standard InChI is InChI=1S/C19H27F3N2O2/c1-13(14-8-6-5-7-9-14)24(17(25)26-18(2,3)4)15-10-11-23-16(12-15)19(20,21)22/h5-9,13,15-16,23H,10-12H2,1-4H3/t13-,15-,16+/m1/s1. The van der Waals surface area contributed by atoms with Gasteiger partial charge in [0.15, 0.2) is 0 Å². The fourth-order valence-corrected chi connectivity index (χ4v) is 3.23. The summed E-state index contributed by atoms with van der Waals surface area (Å²) in [4.78, 5) is 14.3. The van der Waals surface area contributed by atoms with Gasteiger partial charge in [-0.25, -0.2) is 4.79 Å². The van der Waals surface area contributed by atoms with Gasteiger partial charge in [-0.05, 0) is 52.6 Å². The molecule has 1 aromatic carbocycles. The van der Waals surface area contributed by atoms with E-state index in [2.05, 4.69) is 5.32 Å². The number of carbonyl (C=O) groups excluding carboxylic acids is 1. The van der Waals surface area contributed by atoms with E-state index in [0.717, 1.165) is 5.56 Å². The zero-order chi connectivity index (χ0) is 19.5. The fourth-order valence-electron chi connectivity index (χ4n) is 3.23. The molecule has 1 fully saturated rings. The van der Waals surface area contributed by atoms with Crippen molar-refractivity contribution in [2.75, 3.05) is 6.54 Å². The number of alkyl halides is 3. The van der Waals surface area contributed by atoms with Crippen LogP contribution in [0.2, 0.25) is 0 Å². The van der Waals surface area contributed by atoms with Gasteiger partial charge < -0.3 is 10.1 Å². The van der Waals surface area contributed by atoms with Gasteiger partial charge in [-0.2, -0.15) is 13.2 Å². The van der Waals surface area contributed by atoms with Crippen molar-refractivity contribution in [1.29, 1.82) is 0 Å². The van der Waals surface area contributed by atoms with Crippen molar-refractivity contribution in [2.24, 2.45) is 0 Å². The summed E-state index contributed by atoms with van der Waals surface area (Å²) in [5, 5.41) is 2.51. The molecule has 0 radical (unpaired) electrons. The number of amides is 1. The van der Waals surface area contributed by atoms with Gasteiger partial charge in [0, 0.05) is 6.04 Å². The van der Waals surface area contributed by atoms with Crippen molar-refractivity contribution in [2.45, 2.75) is 70.4 Å². The number of halogens is 3. The predicted molar refractivity (Wildman–Crippen MR) is 93.8 cm³/mol. The second-order valence-corrected chi connectivity index (χ2v) is 7.70. The normalized spacial score (nSPS) is 22.6. The topological polar surface area (TPSA) is 41.6 Å². The number of rotatable bonds is 3. The van der Waals surface area contributed by atoms with Crippen LogP contribution in [0.1, 0.15) is 52.1 Å². The highest BCUT2D eigenvalue weighted by molar-refractivity contribution is 5.69. The van der Waals surface area contributed by atoms with E-state index in [4.69, 9.17) is 4.74 Å². The molecule has 2 rings (SSSR count). The van der Waals surface area contributed by atoms with Crippen molar-refractivity contribution in [3.63, 3.8) is 0 Å². The summed E-state index contributed by atoms with van der Waals surface area (Å²) >= 11 is 0. The largest absolute Gasteiger partial charge is 0.444 e. The molecule has 1 aliphatic rings. The summed E-state index contributed by atoms with van der Waals surface area (Å²) < 4.78 is 45.0. The number of piperidine rings is 1. The molecule has 0 aromatic heterocycles. The molecule has 0 spiro atoms. The van der Waals surface area contributed by atoms with Gasteiger partial charge in [-0.3, -0.25) is 4.90 Å². The van der Waals surface area contributed by atoms with Crippen molar-refractivity contribution < 1.29 is 22.7 Å². The zero-order valence-corrected chi connectivity index (χ0v) is 15.6. The molecule has 1 amide bonds. The van der Waals surface area contributed by atoms with Gasteiger partial charge in [0.25, 0.3) is 0 Å². The Morgan fingerprint density at radius 2 is 1.85 bits per heavy atom. The first-order valence-electron chi connectivity index (χ1n) is 8.85. The fraction of sp³-hybridized carbons (Fsp3) is 0.632.